The zero-order chi connectivity index (χ0) is 17.7. The molecule has 0 atom stereocenters. The molecule has 0 saturated heterocycles. The lowest BCUT2D eigenvalue weighted by Crippen LogP contribution is -2.29. The summed E-state index contributed by atoms with van der Waals surface area (Å²) in [4.78, 5) is 0. The minimum absolute atomic E-state index is 0.678. The Balaban J connectivity index is 2.07. The second kappa shape index (κ2) is 8.96. The molecule has 2 nitrogen and oxygen atoms in total. The van der Waals surface area contributed by atoms with E-state index >= 15 is 0 Å². The van der Waals surface area contributed by atoms with Gasteiger partial charge in [0.05, 0.1) is 18.5 Å². The Morgan fingerprint density at radius 2 is 1.32 bits per heavy atom. The van der Waals surface area contributed by atoms with Gasteiger partial charge >= 0.3 is 0 Å². The Morgan fingerprint density at radius 3 is 1.68 bits per heavy atom. The van der Waals surface area contributed by atoms with Gasteiger partial charge in [0, 0.05) is 29.5 Å². The quantitative estimate of drug-likeness (QED) is 0.384. The molecule has 2 aliphatic carbocycles. The standard InChI is InChI=1S/C21H32ClO2P/c1-3-23-17-13-18(24-4-2)15-21(14-17)25(16-22,19-9-5-6-10-19)20-11-7-8-12-20/h13-16,19-20H,3-12H2,1-2H3. The molecule has 1 aromatic rings. The van der Waals surface area contributed by atoms with Crippen molar-refractivity contribution in [3.05, 3.63) is 23.8 Å². The first-order valence-corrected chi connectivity index (χ1v) is 12.4. The summed E-state index contributed by atoms with van der Waals surface area (Å²) >= 11 is 6.72. The zero-order valence-electron chi connectivity index (χ0n) is 15.7. The molecule has 0 unspecified atom stereocenters. The van der Waals surface area contributed by atoms with Crippen LogP contribution in [0.1, 0.15) is 65.2 Å². The molecule has 0 spiro atoms. The molecule has 0 heterocycles. The lowest BCUT2D eigenvalue weighted by atomic mass is 10.3. The number of hydrogen-bond acceptors (Lipinski definition) is 2. The largest absolute Gasteiger partial charge is 0.494 e. The van der Waals surface area contributed by atoms with Crippen LogP contribution < -0.4 is 14.8 Å². The van der Waals surface area contributed by atoms with Crippen molar-refractivity contribution in [2.24, 2.45) is 0 Å². The number of halogens is 1. The first-order valence-electron chi connectivity index (χ1n) is 9.98. The van der Waals surface area contributed by atoms with Gasteiger partial charge in [0.25, 0.3) is 0 Å². The van der Waals surface area contributed by atoms with Crippen molar-refractivity contribution in [1.29, 1.82) is 0 Å². The molecule has 0 aromatic heterocycles. The van der Waals surface area contributed by atoms with Crippen molar-refractivity contribution in [2.75, 3.05) is 13.2 Å². The van der Waals surface area contributed by atoms with E-state index in [1.807, 2.05) is 19.9 Å². The second-order valence-electron chi connectivity index (χ2n) is 7.34. The van der Waals surface area contributed by atoms with Crippen LogP contribution >= 0.6 is 18.9 Å². The maximum Gasteiger partial charge on any atom is 0.126 e. The van der Waals surface area contributed by atoms with Crippen molar-refractivity contribution in [1.82, 2.24) is 0 Å². The molecule has 0 N–H and O–H groups in total. The van der Waals surface area contributed by atoms with Crippen LogP contribution in [0.3, 0.4) is 0 Å². The molecular weight excluding hydrogens is 351 g/mol. The average Bonchev–Trinajstić information content (AvgIpc) is 3.31. The molecule has 2 saturated carbocycles. The Morgan fingerprint density at radius 1 is 0.880 bits per heavy atom. The molecule has 2 fully saturated rings. The number of ether oxygens (including phenoxy) is 2. The molecule has 1 aromatic carbocycles. The minimum atomic E-state index is -1.55. The lowest BCUT2D eigenvalue weighted by Gasteiger charge is -2.44. The fourth-order valence-electron chi connectivity index (χ4n) is 4.88. The monoisotopic (exact) mass is 382 g/mol. The van der Waals surface area contributed by atoms with Crippen LogP contribution in [0.5, 0.6) is 11.5 Å². The third-order valence-electron chi connectivity index (χ3n) is 5.95. The fourth-order valence-corrected chi connectivity index (χ4v) is 11.2. The molecule has 2 aliphatic rings. The van der Waals surface area contributed by atoms with Gasteiger partial charge in [0.15, 0.2) is 0 Å². The summed E-state index contributed by atoms with van der Waals surface area (Å²) in [6.45, 7) is 5.43. The van der Waals surface area contributed by atoms with Crippen LogP contribution in [0.15, 0.2) is 18.2 Å². The summed E-state index contributed by atoms with van der Waals surface area (Å²) in [5, 5.41) is 1.41. The Bertz CT molecular complexity index is 511. The van der Waals surface area contributed by atoms with Gasteiger partial charge in [-0.3, -0.25) is 0 Å². The van der Waals surface area contributed by atoms with Crippen molar-refractivity contribution in [3.8, 4) is 11.5 Å². The van der Waals surface area contributed by atoms with Gasteiger partial charge in [0.2, 0.25) is 0 Å². The minimum Gasteiger partial charge on any atom is -0.494 e. The lowest BCUT2D eigenvalue weighted by molar-refractivity contribution is 0.323. The van der Waals surface area contributed by atoms with E-state index in [1.54, 1.807) is 0 Å². The smallest absolute Gasteiger partial charge is 0.126 e. The fraction of sp³-hybridized carbons (Fsp3) is 0.667. The van der Waals surface area contributed by atoms with Crippen LogP contribution in [0.25, 0.3) is 0 Å². The first kappa shape index (κ1) is 19.3. The van der Waals surface area contributed by atoms with Gasteiger partial charge in [0.1, 0.15) is 11.5 Å². The van der Waals surface area contributed by atoms with Crippen LogP contribution in [0, 0.1) is 5.62 Å². The van der Waals surface area contributed by atoms with Crippen molar-refractivity contribution >= 4 is 24.2 Å². The Hall–Kier alpha value is -0.460. The molecule has 25 heavy (non-hydrogen) atoms. The van der Waals surface area contributed by atoms with E-state index < -0.39 is 7.26 Å². The van der Waals surface area contributed by atoms with Crippen LogP contribution in [0.2, 0.25) is 0 Å². The summed E-state index contributed by atoms with van der Waals surface area (Å²) in [5.41, 5.74) is 3.62. The zero-order valence-corrected chi connectivity index (χ0v) is 17.3. The molecule has 3 rings (SSSR count). The number of rotatable bonds is 8. The molecule has 0 aliphatic heterocycles. The summed E-state index contributed by atoms with van der Waals surface area (Å²) in [5.74, 6) is 1.87. The molecule has 140 valence electrons. The molecule has 0 bridgehead atoms. The summed E-state index contributed by atoms with van der Waals surface area (Å²) in [6, 6.07) is 6.58. The predicted molar refractivity (Wildman–Crippen MR) is 110 cm³/mol. The highest BCUT2D eigenvalue weighted by Crippen LogP contribution is 2.75. The highest BCUT2D eigenvalue weighted by atomic mass is 35.5. The SMILES string of the molecule is CCOc1cc(OCC)cc([P+]([CH-]Cl)(C2CCCC2)C2CCCC2)c1. The van der Waals surface area contributed by atoms with Gasteiger partial charge in [-0.05, 0) is 65.2 Å². The van der Waals surface area contributed by atoms with Gasteiger partial charge in [-0.15, -0.1) is 0 Å². The third-order valence-corrected chi connectivity index (χ3v) is 11.8. The van der Waals surface area contributed by atoms with E-state index in [1.165, 1.54) is 56.7 Å². The van der Waals surface area contributed by atoms with E-state index in [4.69, 9.17) is 21.1 Å². The Labute approximate surface area is 159 Å². The van der Waals surface area contributed by atoms with E-state index in [0.717, 1.165) is 22.8 Å². The normalized spacial score (nSPS) is 19.5. The number of hydrogen-bond donors (Lipinski definition) is 0. The predicted octanol–water partition coefficient (Wildman–Crippen LogP) is 6.37. The number of benzene rings is 1. The van der Waals surface area contributed by atoms with E-state index in [-0.39, 0.29) is 0 Å². The average molecular weight is 383 g/mol. The first-order chi connectivity index (χ1) is 12.2. The van der Waals surface area contributed by atoms with Crippen LogP contribution in [0.4, 0.5) is 0 Å². The molecule has 0 radical (unpaired) electrons. The summed E-state index contributed by atoms with van der Waals surface area (Å²) in [7, 11) is -1.55. The summed E-state index contributed by atoms with van der Waals surface area (Å²) < 4.78 is 11.8. The van der Waals surface area contributed by atoms with E-state index in [0.29, 0.717) is 13.2 Å². The molecule has 0 amide bonds. The topological polar surface area (TPSA) is 18.5 Å². The Kier molecular flexibility index (Phi) is 6.92. The van der Waals surface area contributed by atoms with Gasteiger partial charge in [-0.25, -0.2) is 0 Å². The van der Waals surface area contributed by atoms with Crippen LogP contribution in [-0.4, -0.2) is 24.5 Å². The van der Waals surface area contributed by atoms with E-state index in [9.17, 15) is 0 Å². The highest BCUT2D eigenvalue weighted by Gasteiger charge is 2.48. The highest BCUT2D eigenvalue weighted by molar-refractivity contribution is 7.87. The maximum absolute atomic E-state index is 6.72. The van der Waals surface area contributed by atoms with Gasteiger partial charge in [-0.2, -0.15) is 0 Å². The molecular formula is C21H32ClO2P. The van der Waals surface area contributed by atoms with E-state index in [2.05, 4.69) is 17.8 Å². The van der Waals surface area contributed by atoms with Crippen molar-refractivity contribution in [2.45, 2.75) is 76.5 Å². The van der Waals surface area contributed by atoms with Crippen molar-refractivity contribution in [3.63, 3.8) is 0 Å². The summed E-state index contributed by atoms with van der Waals surface area (Å²) in [6.07, 6.45) is 10.7. The van der Waals surface area contributed by atoms with Gasteiger partial charge in [-0.1, -0.05) is 12.9 Å². The second-order valence-corrected chi connectivity index (χ2v) is 11.8. The molecule has 4 heteroatoms. The third kappa shape index (κ3) is 3.96. The van der Waals surface area contributed by atoms with Gasteiger partial charge < -0.3 is 21.1 Å². The van der Waals surface area contributed by atoms with Crippen LogP contribution in [-0.2, 0) is 0 Å². The van der Waals surface area contributed by atoms with Crippen molar-refractivity contribution < 1.29 is 9.47 Å². The maximum atomic E-state index is 6.72.